The second-order valence-corrected chi connectivity index (χ2v) is 10.0. The number of carbonyl (C=O) groups is 3. The van der Waals surface area contributed by atoms with Crippen molar-refractivity contribution < 1.29 is 59.1 Å². The second kappa shape index (κ2) is 12.5. The van der Waals surface area contributed by atoms with E-state index in [-0.39, 0.29) is 16.7 Å². The first-order valence-electron chi connectivity index (χ1n) is 11.9. The van der Waals surface area contributed by atoms with Crippen LogP contribution in [0.1, 0.15) is 31.1 Å². The van der Waals surface area contributed by atoms with Crippen LogP contribution in [0.15, 0.2) is 91.0 Å². The number of benzene rings is 3. The Hall–Kier alpha value is -4.27. The van der Waals surface area contributed by atoms with Crippen molar-refractivity contribution in [3.63, 3.8) is 0 Å². The average Bonchev–Trinajstić information content (AvgIpc) is 3.26. The van der Waals surface area contributed by atoms with Gasteiger partial charge in [0.15, 0.2) is 12.2 Å². The maximum absolute atomic E-state index is 13.3. The zero-order chi connectivity index (χ0) is 29.6. The largest absolute Gasteiger partial charge is 0.523 e. The van der Waals surface area contributed by atoms with Gasteiger partial charge in [0.05, 0.1) is 16.7 Å². The van der Waals surface area contributed by atoms with E-state index < -0.39 is 64.7 Å². The summed E-state index contributed by atoms with van der Waals surface area (Å²) in [6.45, 7) is -0.744. The van der Waals surface area contributed by atoms with E-state index in [1.54, 1.807) is 30.3 Å². The number of carbonyl (C=O) groups excluding carboxylic acids is 3. The molecule has 4 rings (SSSR count). The summed E-state index contributed by atoms with van der Waals surface area (Å²) in [4.78, 5) is 38.0. The highest BCUT2D eigenvalue weighted by Crippen LogP contribution is 2.34. The third-order valence-electron chi connectivity index (χ3n) is 5.66. The maximum Gasteiger partial charge on any atom is 0.523 e. The quantitative estimate of drug-likeness (QED) is 0.156. The number of alkyl halides is 3. The number of hydrogen-bond donors (Lipinski definition) is 0. The van der Waals surface area contributed by atoms with Crippen LogP contribution < -0.4 is 0 Å². The Labute approximate surface area is 231 Å². The smallest absolute Gasteiger partial charge is 0.459 e. The molecule has 4 unspecified atom stereocenters. The Morgan fingerprint density at radius 2 is 1.12 bits per heavy atom. The van der Waals surface area contributed by atoms with Gasteiger partial charge in [0.25, 0.3) is 0 Å². The molecule has 14 heteroatoms. The van der Waals surface area contributed by atoms with E-state index in [2.05, 4.69) is 4.18 Å². The molecule has 1 saturated heterocycles. The molecule has 3 aromatic carbocycles. The fraction of sp³-hybridized carbons (Fsp3) is 0.222. The average molecular weight is 595 g/mol. The molecule has 10 nitrogen and oxygen atoms in total. The van der Waals surface area contributed by atoms with Crippen LogP contribution in [0.4, 0.5) is 13.2 Å². The van der Waals surface area contributed by atoms with Gasteiger partial charge in [0.1, 0.15) is 12.7 Å². The Bertz CT molecular complexity index is 1470. The molecule has 4 atom stereocenters. The molecule has 0 amide bonds. The molecule has 0 radical (unpaired) electrons. The molecule has 1 aliphatic heterocycles. The van der Waals surface area contributed by atoms with Gasteiger partial charge in [-0.25, -0.2) is 18.6 Å². The SMILES string of the molecule is O=C(OCC1OC(OC(=O)c2ccccc2)C(OS(=O)(=O)C(F)(F)F)C1OC(=O)c1ccccc1)c1ccccc1. The minimum atomic E-state index is -6.32. The van der Waals surface area contributed by atoms with Gasteiger partial charge >= 0.3 is 33.5 Å². The van der Waals surface area contributed by atoms with Crippen molar-refractivity contribution in [3.8, 4) is 0 Å². The maximum atomic E-state index is 13.3. The van der Waals surface area contributed by atoms with Gasteiger partial charge in [0.2, 0.25) is 6.29 Å². The van der Waals surface area contributed by atoms with Gasteiger partial charge in [-0.15, -0.1) is 0 Å². The number of halogens is 3. The van der Waals surface area contributed by atoms with E-state index in [0.29, 0.717) is 0 Å². The molecule has 1 heterocycles. The number of esters is 3. The van der Waals surface area contributed by atoms with Gasteiger partial charge in [-0.2, -0.15) is 21.6 Å². The summed E-state index contributed by atoms with van der Waals surface area (Å²) in [5, 5.41) is 0. The molecule has 0 saturated carbocycles. The van der Waals surface area contributed by atoms with Crippen LogP contribution in [0.2, 0.25) is 0 Å². The van der Waals surface area contributed by atoms with Crippen molar-refractivity contribution in [1.82, 2.24) is 0 Å². The third kappa shape index (κ3) is 7.28. The molecular formula is C27H21F3O10S. The summed E-state index contributed by atoms with van der Waals surface area (Å²) < 4.78 is 89.5. The van der Waals surface area contributed by atoms with E-state index in [1.807, 2.05) is 0 Å². The van der Waals surface area contributed by atoms with Crippen LogP contribution in [0.25, 0.3) is 0 Å². The highest BCUT2D eigenvalue weighted by molar-refractivity contribution is 7.87. The molecule has 0 aromatic heterocycles. The van der Waals surface area contributed by atoms with Crippen molar-refractivity contribution in [3.05, 3.63) is 108 Å². The fourth-order valence-electron chi connectivity index (χ4n) is 3.70. The minimum absolute atomic E-state index is 0.0466. The summed E-state index contributed by atoms with van der Waals surface area (Å²) in [6, 6.07) is 22.0. The van der Waals surface area contributed by atoms with Crippen molar-refractivity contribution in [1.29, 1.82) is 0 Å². The Morgan fingerprint density at radius 1 is 0.683 bits per heavy atom. The molecule has 3 aromatic rings. The van der Waals surface area contributed by atoms with Crippen molar-refractivity contribution >= 4 is 28.0 Å². The van der Waals surface area contributed by atoms with E-state index in [4.69, 9.17) is 18.9 Å². The van der Waals surface area contributed by atoms with E-state index >= 15 is 0 Å². The lowest BCUT2D eigenvalue weighted by Crippen LogP contribution is -2.44. The first-order valence-corrected chi connectivity index (χ1v) is 13.3. The van der Waals surface area contributed by atoms with Gasteiger partial charge in [-0.1, -0.05) is 54.6 Å². The van der Waals surface area contributed by atoms with E-state index in [9.17, 15) is 36.0 Å². The first kappa shape index (κ1) is 29.7. The van der Waals surface area contributed by atoms with Crippen LogP contribution in [0, 0.1) is 0 Å². The van der Waals surface area contributed by atoms with Gasteiger partial charge < -0.3 is 18.9 Å². The summed E-state index contributed by atoms with van der Waals surface area (Å²) in [5.74, 6) is -3.07. The second-order valence-electron chi connectivity index (χ2n) is 8.48. The zero-order valence-electron chi connectivity index (χ0n) is 20.8. The monoisotopic (exact) mass is 594 g/mol. The molecule has 1 aliphatic rings. The molecule has 0 bridgehead atoms. The highest BCUT2D eigenvalue weighted by atomic mass is 32.2. The summed E-state index contributed by atoms with van der Waals surface area (Å²) in [5.41, 5.74) is -5.87. The molecule has 216 valence electrons. The minimum Gasteiger partial charge on any atom is -0.459 e. The van der Waals surface area contributed by atoms with E-state index in [1.165, 1.54) is 60.7 Å². The normalized spacial score (nSPS) is 20.7. The number of rotatable bonds is 9. The van der Waals surface area contributed by atoms with Crippen LogP contribution in [0.3, 0.4) is 0 Å². The van der Waals surface area contributed by atoms with Gasteiger partial charge in [0, 0.05) is 0 Å². The van der Waals surface area contributed by atoms with Crippen molar-refractivity contribution in [2.75, 3.05) is 6.61 Å². The van der Waals surface area contributed by atoms with Crippen molar-refractivity contribution in [2.24, 2.45) is 0 Å². The Morgan fingerprint density at radius 3 is 1.59 bits per heavy atom. The third-order valence-corrected chi connectivity index (χ3v) is 6.70. The van der Waals surface area contributed by atoms with Crippen LogP contribution in [-0.2, 0) is 33.2 Å². The topological polar surface area (TPSA) is 132 Å². The molecule has 0 aliphatic carbocycles. The molecule has 41 heavy (non-hydrogen) atoms. The zero-order valence-corrected chi connectivity index (χ0v) is 21.6. The summed E-state index contributed by atoms with van der Waals surface area (Å²) in [7, 11) is -6.32. The number of hydrogen-bond acceptors (Lipinski definition) is 10. The molecular weight excluding hydrogens is 573 g/mol. The predicted molar refractivity (Wildman–Crippen MR) is 133 cm³/mol. The highest BCUT2D eigenvalue weighted by Gasteiger charge is 2.57. The lowest BCUT2D eigenvalue weighted by atomic mass is 10.1. The summed E-state index contributed by atoms with van der Waals surface area (Å²) in [6.07, 6.45) is -8.02. The van der Waals surface area contributed by atoms with Gasteiger partial charge in [-0.3, -0.25) is 0 Å². The molecule has 1 fully saturated rings. The Kier molecular flexibility index (Phi) is 9.05. The van der Waals surface area contributed by atoms with E-state index in [0.717, 1.165) is 0 Å². The van der Waals surface area contributed by atoms with Crippen LogP contribution in [-0.4, -0.2) is 63.0 Å². The predicted octanol–water partition coefficient (Wildman–Crippen LogP) is 3.89. The molecule has 0 spiro atoms. The Balaban J connectivity index is 1.66. The number of ether oxygens (including phenoxy) is 4. The summed E-state index contributed by atoms with van der Waals surface area (Å²) >= 11 is 0. The molecule has 0 N–H and O–H groups in total. The first-order chi connectivity index (χ1) is 19.5. The van der Waals surface area contributed by atoms with Crippen molar-refractivity contribution in [2.45, 2.75) is 30.1 Å². The van der Waals surface area contributed by atoms with Crippen LogP contribution in [0.5, 0.6) is 0 Å². The lowest BCUT2D eigenvalue weighted by molar-refractivity contribution is -0.138. The van der Waals surface area contributed by atoms with Crippen LogP contribution >= 0.6 is 0 Å². The standard InChI is InChI=1S/C27H21F3O10S/c28-27(29,30)41(34,35)40-22-21(38-24(32)18-12-6-2-7-13-18)20(16-36-23(31)17-10-4-1-5-11-17)37-26(22)39-25(33)19-14-8-3-9-15-19/h1-15,20-22,26H,16H2. The lowest BCUT2D eigenvalue weighted by Gasteiger charge is -2.24. The fourth-order valence-corrected chi connectivity index (χ4v) is 4.30. The van der Waals surface area contributed by atoms with Gasteiger partial charge in [-0.05, 0) is 36.4 Å².